The van der Waals surface area contributed by atoms with E-state index in [-0.39, 0.29) is 25.2 Å². The molecule has 0 spiro atoms. The lowest BCUT2D eigenvalue weighted by Crippen LogP contribution is -2.31. The maximum atomic E-state index is 12.7. The molecule has 4 rings (SSSR count). The zero-order chi connectivity index (χ0) is 22.1. The largest absolute Gasteiger partial charge is 0.497 e. The van der Waals surface area contributed by atoms with Crippen molar-refractivity contribution in [2.75, 3.05) is 28.1 Å². The Morgan fingerprint density at radius 3 is 2.23 bits per heavy atom. The number of methoxy groups -OCH3 is 3. The highest BCUT2D eigenvalue weighted by atomic mass is 16.7. The fraction of sp³-hybridized carbons (Fsp3) is 0.348. The van der Waals surface area contributed by atoms with Crippen molar-refractivity contribution in [2.24, 2.45) is 0 Å². The molecule has 8 heteroatoms. The first kappa shape index (κ1) is 20.7. The second-order valence-corrected chi connectivity index (χ2v) is 7.37. The Morgan fingerprint density at radius 1 is 1.00 bits per heavy atom. The summed E-state index contributed by atoms with van der Waals surface area (Å²) in [7, 11) is 4.68. The Hall–Kier alpha value is -3.55. The molecule has 0 radical (unpaired) electrons. The van der Waals surface area contributed by atoms with Gasteiger partial charge in [-0.15, -0.1) is 0 Å². The summed E-state index contributed by atoms with van der Waals surface area (Å²) in [5.74, 6) is 2.81. The average molecular weight is 427 g/mol. The van der Waals surface area contributed by atoms with Crippen LogP contribution in [0.5, 0.6) is 28.7 Å². The maximum absolute atomic E-state index is 12.7. The van der Waals surface area contributed by atoms with Gasteiger partial charge in [-0.25, -0.2) is 0 Å². The quantitative estimate of drug-likeness (QED) is 0.611. The number of hydrogen-bond donors (Lipinski definition) is 1. The number of rotatable bonds is 7. The molecule has 0 bridgehead atoms. The third-order valence-electron chi connectivity index (χ3n) is 5.01. The van der Waals surface area contributed by atoms with Crippen molar-refractivity contribution in [3.8, 4) is 40.1 Å². The van der Waals surface area contributed by atoms with Crippen LogP contribution in [0.25, 0.3) is 22.3 Å². The van der Waals surface area contributed by atoms with E-state index in [0.29, 0.717) is 45.3 Å². The lowest BCUT2D eigenvalue weighted by Gasteiger charge is -2.12. The average Bonchev–Trinajstić information content (AvgIpc) is 3.37. The highest BCUT2D eigenvalue weighted by molar-refractivity contribution is 6.03. The van der Waals surface area contributed by atoms with Gasteiger partial charge in [0.05, 0.1) is 33.1 Å². The van der Waals surface area contributed by atoms with Gasteiger partial charge in [-0.3, -0.25) is 4.79 Å². The predicted octanol–water partition coefficient (Wildman–Crippen LogP) is 3.92. The van der Waals surface area contributed by atoms with Crippen LogP contribution in [-0.4, -0.2) is 40.1 Å². The molecule has 1 aliphatic rings. The summed E-state index contributed by atoms with van der Waals surface area (Å²) in [6.07, 6.45) is 0.0890. The SMILES string of the molecule is COc1ccc(-c2oc3c(OC)c4c(c(OC)c3c2CC(=O)NC(C)C)OCO4)cc1. The van der Waals surface area contributed by atoms with Gasteiger partial charge >= 0.3 is 0 Å². The van der Waals surface area contributed by atoms with Crippen molar-refractivity contribution in [1.82, 2.24) is 5.32 Å². The highest BCUT2D eigenvalue weighted by Gasteiger charge is 2.34. The molecule has 1 N–H and O–H groups in total. The van der Waals surface area contributed by atoms with E-state index in [9.17, 15) is 4.79 Å². The molecule has 1 aromatic heterocycles. The fourth-order valence-corrected chi connectivity index (χ4v) is 3.76. The van der Waals surface area contributed by atoms with Gasteiger partial charge in [0.2, 0.25) is 29.9 Å². The lowest BCUT2D eigenvalue weighted by molar-refractivity contribution is -0.120. The zero-order valence-electron chi connectivity index (χ0n) is 18.2. The number of amides is 1. The minimum absolute atomic E-state index is 0.00696. The summed E-state index contributed by atoms with van der Waals surface area (Å²) in [5, 5.41) is 3.55. The van der Waals surface area contributed by atoms with Gasteiger partial charge in [-0.1, -0.05) is 0 Å². The molecular formula is C23H25NO7. The molecule has 0 saturated heterocycles. The number of carbonyl (C=O) groups excluding carboxylic acids is 1. The van der Waals surface area contributed by atoms with Crippen molar-refractivity contribution < 1.29 is 32.9 Å². The monoisotopic (exact) mass is 427 g/mol. The van der Waals surface area contributed by atoms with Crippen LogP contribution >= 0.6 is 0 Å². The molecule has 0 fully saturated rings. The Labute approximate surface area is 180 Å². The third kappa shape index (κ3) is 3.58. The Bertz CT molecular complexity index is 1120. The van der Waals surface area contributed by atoms with Crippen molar-refractivity contribution in [1.29, 1.82) is 0 Å². The smallest absolute Gasteiger partial charge is 0.231 e. The molecule has 0 atom stereocenters. The summed E-state index contributed by atoms with van der Waals surface area (Å²) in [5.41, 5.74) is 1.89. The lowest BCUT2D eigenvalue weighted by atomic mass is 10.0. The number of furan rings is 1. The molecule has 8 nitrogen and oxygen atoms in total. The molecule has 1 aliphatic heterocycles. The van der Waals surface area contributed by atoms with Crippen LogP contribution < -0.4 is 29.0 Å². The molecule has 1 amide bonds. The summed E-state index contributed by atoms with van der Waals surface area (Å²) < 4.78 is 34.1. The van der Waals surface area contributed by atoms with E-state index < -0.39 is 0 Å². The van der Waals surface area contributed by atoms with Gasteiger partial charge in [0, 0.05) is 17.2 Å². The molecule has 2 aromatic carbocycles. The van der Waals surface area contributed by atoms with Crippen molar-refractivity contribution in [3.05, 3.63) is 29.8 Å². The highest BCUT2D eigenvalue weighted by Crippen LogP contribution is 2.56. The number of benzene rings is 2. The van der Waals surface area contributed by atoms with Crippen LogP contribution in [0.4, 0.5) is 0 Å². The van der Waals surface area contributed by atoms with E-state index in [4.69, 9.17) is 28.1 Å². The molecular weight excluding hydrogens is 402 g/mol. The van der Waals surface area contributed by atoms with Gasteiger partial charge < -0.3 is 33.4 Å². The predicted molar refractivity (Wildman–Crippen MR) is 114 cm³/mol. The zero-order valence-corrected chi connectivity index (χ0v) is 18.2. The summed E-state index contributed by atoms with van der Waals surface area (Å²) in [6.45, 7) is 3.87. The van der Waals surface area contributed by atoms with Crippen LogP contribution in [0.1, 0.15) is 19.4 Å². The molecule has 164 valence electrons. The number of hydrogen-bond acceptors (Lipinski definition) is 7. The Morgan fingerprint density at radius 2 is 1.65 bits per heavy atom. The van der Waals surface area contributed by atoms with Crippen LogP contribution in [0.3, 0.4) is 0 Å². The molecule has 0 saturated carbocycles. The van der Waals surface area contributed by atoms with Crippen molar-refractivity contribution in [2.45, 2.75) is 26.3 Å². The van der Waals surface area contributed by atoms with Crippen LogP contribution in [0, 0.1) is 0 Å². The van der Waals surface area contributed by atoms with Crippen LogP contribution in [0.15, 0.2) is 28.7 Å². The van der Waals surface area contributed by atoms with Gasteiger partial charge in [-0.2, -0.15) is 0 Å². The van der Waals surface area contributed by atoms with Crippen molar-refractivity contribution >= 4 is 16.9 Å². The Kier molecular flexibility index (Phi) is 5.54. The van der Waals surface area contributed by atoms with Crippen LogP contribution in [-0.2, 0) is 11.2 Å². The molecule has 31 heavy (non-hydrogen) atoms. The second kappa shape index (κ2) is 8.29. The molecule has 0 aliphatic carbocycles. The normalized spacial score (nSPS) is 12.3. The standard InChI is InChI=1S/C23H25NO7/c1-12(2)24-16(25)10-15-17-19(27-4)22-23(30-11-29-22)21(28-5)20(17)31-18(15)13-6-8-14(26-3)9-7-13/h6-9,12H,10-11H2,1-5H3,(H,24,25). The molecule has 2 heterocycles. The summed E-state index contributed by atoms with van der Waals surface area (Å²) in [6, 6.07) is 7.43. The first-order valence-electron chi connectivity index (χ1n) is 9.91. The van der Waals surface area contributed by atoms with Crippen molar-refractivity contribution in [3.63, 3.8) is 0 Å². The van der Waals surface area contributed by atoms with E-state index in [2.05, 4.69) is 5.32 Å². The van der Waals surface area contributed by atoms with Gasteiger partial charge in [0.25, 0.3) is 0 Å². The van der Waals surface area contributed by atoms with E-state index in [1.165, 1.54) is 7.11 Å². The summed E-state index contributed by atoms with van der Waals surface area (Å²) in [4.78, 5) is 12.7. The first-order chi connectivity index (χ1) is 15.0. The third-order valence-corrected chi connectivity index (χ3v) is 5.01. The maximum Gasteiger partial charge on any atom is 0.231 e. The van der Waals surface area contributed by atoms with Gasteiger partial charge in [-0.05, 0) is 38.1 Å². The first-order valence-corrected chi connectivity index (χ1v) is 9.91. The van der Waals surface area contributed by atoms with E-state index >= 15 is 0 Å². The molecule has 0 unspecified atom stereocenters. The number of carbonyl (C=O) groups is 1. The minimum atomic E-state index is -0.133. The van der Waals surface area contributed by atoms with Gasteiger partial charge in [0.1, 0.15) is 11.5 Å². The van der Waals surface area contributed by atoms with Gasteiger partial charge in [0.15, 0.2) is 11.3 Å². The van der Waals surface area contributed by atoms with E-state index in [1.54, 1.807) is 14.2 Å². The number of ether oxygens (including phenoxy) is 5. The van der Waals surface area contributed by atoms with E-state index in [1.807, 2.05) is 38.1 Å². The van der Waals surface area contributed by atoms with E-state index in [0.717, 1.165) is 11.3 Å². The molecule has 3 aromatic rings. The number of nitrogens with one attached hydrogen (secondary N) is 1. The minimum Gasteiger partial charge on any atom is -0.497 e. The number of fused-ring (bicyclic) bond motifs is 2. The topological polar surface area (TPSA) is 88.4 Å². The second-order valence-electron chi connectivity index (χ2n) is 7.37. The van der Waals surface area contributed by atoms with Crippen LogP contribution in [0.2, 0.25) is 0 Å². The Balaban J connectivity index is 1.99. The summed E-state index contributed by atoms with van der Waals surface area (Å²) >= 11 is 0. The fourth-order valence-electron chi connectivity index (χ4n) is 3.76.